The van der Waals surface area contributed by atoms with Crippen molar-refractivity contribution in [3.05, 3.63) is 35.4 Å². The van der Waals surface area contributed by atoms with Crippen LogP contribution in [0.1, 0.15) is 42.1 Å². The quantitative estimate of drug-likeness (QED) is 0.572. The Morgan fingerprint density at radius 1 is 1.18 bits per heavy atom. The summed E-state index contributed by atoms with van der Waals surface area (Å²) in [5.41, 5.74) is 1.87. The number of hydrogen-bond donors (Lipinski definition) is 0. The Labute approximate surface area is 109 Å². The molecule has 92 valence electrons. The summed E-state index contributed by atoms with van der Waals surface area (Å²) >= 11 is -0.183. The maximum absolute atomic E-state index is 11.8. The number of carbonyl (C=O) groups excluding carboxylic acids is 2. The molecule has 0 saturated heterocycles. The van der Waals surface area contributed by atoms with Gasteiger partial charge in [0, 0.05) is 0 Å². The average molecular weight is 297 g/mol. The Morgan fingerprint density at radius 2 is 1.82 bits per heavy atom. The van der Waals surface area contributed by atoms with Gasteiger partial charge in [-0.2, -0.15) is 0 Å². The summed E-state index contributed by atoms with van der Waals surface area (Å²) in [6.45, 7) is 4.06. The van der Waals surface area contributed by atoms with E-state index in [9.17, 15) is 9.59 Å². The van der Waals surface area contributed by atoms with E-state index in [0.717, 1.165) is 24.0 Å². The van der Waals surface area contributed by atoms with Crippen LogP contribution in [0.2, 0.25) is 5.32 Å². The number of rotatable bonds is 7. The molecule has 0 aliphatic heterocycles. The average Bonchev–Trinajstić information content (AvgIpc) is 2.34. The number of benzene rings is 1. The van der Waals surface area contributed by atoms with Crippen molar-refractivity contribution in [2.75, 3.05) is 0 Å². The minimum atomic E-state index is -0.183. The maximum atomic E-state index is 11.8. The molecule has 0 bridgehead atoms. The zero-order valence-corrected chi connectivity index (χ0v) is 12.1. The molecule has 0 N–H and O–H groups in total. The van der Waals surface area contributed by atoms with Crippen LogP contribution < -0.4 is 0 Å². The molecule has 0 saturated carbocycles. The molecular formula is C14H18O2Se. The zero-order chi connectivity index (χ0) is 12.7. The number of ketones is 1. The van der Waals surface area contributed by atoms with Crippen molar-refractivity contribution in [1.29, 1.82) is 0 Å². The van der Waals surface area contributed by atoms with Gasteiger partial charge in [0.1, 0.15) is 0 Å². The standard InChI is InChI=1S/C14H18O2Se/c1-3-4-5-14(16)17-10-13(15)12-8-6-11(2)7-9-12/h6-9H,3-5,10H2,1-2H3. The van der Waals surface area contributed by atoms with Crippen molar-refractivity contribution in [3.63, 3.8) is 0 Å². The van der Waals surface area contributed by atoms with Crippen LogP contribution >= 0.6 is 0 Å². The van der Waals surface area contributed by atoms with Crippen molar-refractivity contribution >= 4 is 25.4 Å². The SMILES string of the molecule is CCCCC(=O)[Se]CC(=O)c1ccc(C)cc1. The molecule has 1 rings (SSSR count). The van der Waals surface area contributed by atoms with Crippen LogP contribution in [-0.2, 0) is 4.79 Å². The summed E-state index contributed by atoms with van der Waals surface area (Å²) in [4.78, 5) is 23.3. The third-order valence-corrected chi connectivity index (χ3v) is 4.43. The predicted molar refractivity (Wildman–Crippen MR) is 70.6 cm³/mol. The first-order chi connectivity index (χ1) is 8.13. The Hall–Kier alpha value is -0.921. The van der Waals surface area contributed by atoms with E-state index in [1.165, 1.54) is 0 Å². The number of Topliss-reactive ketones (excluding diaryl/α,β-unsaturated/α-hetero) is 1. The summed E-state index contributed by atoms with van der Waals surface area (Å²) in [5.74, 6) is 0.0925. The second-order valence-corrected chi connectivity index (χ2v) is 6.22. The third-order valence-electron chi connectivity index (χ3n) is 2.47. The second kappa shape index (κ2) is 7.41. The molecule has 0 atom stereocenters. The van der Waals surface area contributed by atoms with Crippen LogP contribution in [0.3, 0.4) is 0 Å². The molecule has 0 aliphatic rings. The molecule has 3 heteroatoms. The van der Waals surface area contributed by atoms with Gasteiger partial charge in [0.25, 0.3) is 0 Å². The molecule has 0 heterocycles. The summed E-state index contributed by atoms with van der Waals surface area (Å²) in [5, 5.41) is 0.401. The fraction of sp³-hybridized carbons (Fsp3) is 0.429. The van der Waals surface area contributed by atoms with Gasteiger partial charge in [0.2, 0.25) is 0 Å². The van der Waals surface area contributed by atoms with Crippen LogP contribution in [0.4, 0.5) is 0 Å². The van der Waals surface area contributed by atoms with Gasteiger partial charge in [0.15, 0.2) is 0 Å². The number of hydrogen-bond acceptors (Lipinski definition) is 2. The first kappa shape index (κ1) is 14.1. The van der Waals surface area contributed by atoms with Gasteiger partial charge in [-0.25, -0.2) is 0 Å². The Kier molecular flexibility index (Phi) is 6.17. The van der Waals surface area contributed by atoms with Crippen molar-refractivity contribution < 1.29 is 9.59 Å². The van der Waals surface area contributed by atoms with Crippen molar-refractivity contribution in [2.24, 2.45) is 0 Å². The van der Waals surface area contributed by atoms with Crippen molar-refractivity contribution in [1.82, 2.24) is 0 Å². The van der Waals surface area contributed by atoms with Gasteiger partial charge in [-0.15, -0.1) is 0 Å². The van der Waals surface area contributed by atoms with E-state index in [1.54, 1.807) is 0 Å². The predicted octanol–water partition coefficient (Wildman–Crippen LogP) is 3.02. The molecule has 0 unspecified atom stereocenters. The fourth-order valence-corrected chi connectivity index (χ4v) is 2.93. The first-order valence-corrected chi connectivity index (χ1v) is 7.95. The molecule has 17 heavy (non-hydrogen) atoms. The molecule has 0 aromatic heterocycles. The van der Waals surface area contributed by atoms with Gasteiger partial charge in [-0.3, -0.25) is 0 Å². The Morgan fingerprint density at radius 3 is 2.41 bits per heavy atom. The van der Waals surface area contributed by atoms with Gasteiger partial charge in [-0.1, -0.05) is 0 Å². The molecule has 0 aliphatic carbocycles. The molecular weight excluding hydrogens is 279 g/mol. The minimum absolute atomic E-state index is 0.0925. The third kappa shape index (κ3) is 5.29. The van der Waals surface area contributed by atoms with E-state index < -0.39 is 0 Å². The molecule has 0 radical (unpaired) electrons. The van der Waals surface area contributed by atoms with Crippen LogP contribution in [0, 0.1) is 6.92 Å². The molecule has 0 fully saturated rings. The van der Waals surface area contributed by atoms with Crippen LogP contribution in [0.25, 0.3) is 0 Å². The van der Waals surface area contributed by atoms with Gasteiger partial charge in [-0.05, 0) is 0 Å². The van der Waals surface area contributed by atoms with E-state index in [-0.39, 0.29) is 25.4 Å². The molecule has 1 aromatic carbocycles. The van der Waals surface area contributed by atoms with Crippen LogP contribution in [-0.4, -0.2) is 25.4 Å². The Bertz CT molecular complexity index is 382. The molecule has 0 amide bonds. The second-order valence-electron chi connectivity index (χ2n) is 4.05. The van der Waals surface area contributed by atoms with E-state index in [4.69, 9.17) is 0 Å². The van der Waals surface area contributed by atoms with Crippen molar-refractivity contribution in [3.8, 4) is 0 Å². The fourth-order valence-electron chi connectivity index (χ4n) is 1.36. The topological polar surface area (TPSA) is 34.1 Å². The van der Waals surface area contributed by atoms with Crippen LogP contribution in [0.5, 0.6) is 0 Å². The molecule has 2 nitrogen and oxygen atoms in total. The monoisotopic (exact) mass is 298 g/mol. The molecule has 0 spiro atoms. The zero-order valence-electron chi connectivity index (χ0n) is 10.4. The van der Waals surface area contributed by atoms with E-state index in [1.807, 2.05) is 31.2 Å². The normalized spacial score (nSPS) is 10.2. The molecule has 1 aromatic rings. The van der Waals surface area contributed by atoms with Gasteiger partial charge < -0.3 is 0 Å². The van der Waals surface area contributed by atoms with Gasteiger partial charge >= 0.3 is 109 Å². The summed E-state index contributed by atoms with van der Waals surface area (Å²) in [6.07, 6.45) is 2.62. The number of unbranched alkanes of at least 4 members (excludes halogenated alkanes) is 1. The van der Waals surface area contributed by atoms with E-state index >= 15 is 0 Å². The number of carbonyl (C=O) groups is 2. The summed E-state index contributed by atoms with van der Waals surface area (Å²) in [6, 6.07) is 7.53. The van der Waals surface area contributed by atoms with Crippen molar-refractivity contribution in [2.45, 2.75) is 38.4 Å². The summed E-state index contributed by atoms with van der Waals surface area (Å²) < 4.78 is 0.264. The Balaban J connectivity index is 2.39. The van der Waals surface area contributed by atoms with E-state index in [2.05, 4.69) is 6.92 Å². The van der Waals surface area contributed by atoms with E-state index in [0.29, 0.717) is 11.7 Å². The first-order valence-electron chi connectivity index (χ1n) is 5.89. The number of aryl methyl sites for hydroxylation is 1. The summed E-state index contributed by atoms with van der Waals surface area (Å²) in [7, 11) is 0. The van der Waals surface area contributed by atoms with Crippen LogP contribution in [0.15, 0.2) is 24.3 Å². The van der Waals surface area contributed by atoms with Gasteiger partial charge in [0.05, 0.1) is 0 Å².